The van der Waals surface area contributed by atoms with E-state index in [9.17, 15) is 19.2 Å². The maximum Gasteiger partial charge on any atom is 0.410 e. The molecule has 0 aliphatic carbocycles. The number of ether oxygens (including phenoxy) is 2. The second kappa shape index (κ2) is 9.76. The van der Waals surface area contributed by atoms with Gasteiger partial charge >= 0.3 is 12.2 Å². The van der Waals surface area contributed by atoms with E-state index in [0.717, 1.165) is 12.8 Å². The first-order chi connectivity index (χ1) is 15.8. The van der Waals surface area contributed by atoms with Crippen LogP contribution in [0.25, 0.3) is 0 Å². The standard InChI is InChI=1S/C26H36N2O6/c1-25(2,3)33-23(31)27-15-7-9-19(27)21(29)17-11-13-18(14-12-17)22(30)20-10-8-16-28(20)24(32)34-26(4,5)6/h11-14,19-20H,7-10,15-16H2,1-6H3. The molecule has 0 bridgehead atoms. The topological polar surface area (TPSA) is 93.2 Å². The lowest BCUT2D eigenvalue weighted by molar-refractivity contribution is 0.0215. The van der Waals surface area contributed by atoms with Crippen LogP contribution in [0.1, 0.15) is 87.9 Å². The number of hydrogen-bond acceptors (Lipinski definition) is 6. The molecule has 2 unspecified atom stereocenters. The molecular weight excluding hydrogens is 436 g/mol. The van der Waals surface area contributed by atoms with Crippen molar-refractivity contribution in [1.82, 2.24) is 9.80 Å². The first kappa shape index (κ1) is 25.7. The summed E-state index contributed by atoms with van der Waals surface area (Å²) in [6, 6.07) is 5.33. The molecule has 2 heterocycles. The highest BCUT2D eigenvalue weighted by molar-refractivity contribution is 6.05. The Bertz CT molecular complexity index is 865. The first-order valence-electron chi connectivity index (χ1n) is 11.9. The van der Waals surface area contributed by atoms with Crippen molar-refractivity contribution in [3.63, 3.8) is 0 Å². The minimum absolute atomic E-state index is 0.168. The van der Waals surface area contributed by atoms with Gasteiger partial charge in [-0.1, -0.05) is 24.3 Å². The molecule has 8 nitrogen and oxygen atoms in total. The number of Topliss-reactive ketones (excluding diaryl/α,β-unsaturated/α-hetero) is 2. The predicted octanol–water partition coefficient (Wildman–Crippen LogP) is 4.85. The van der Waals surface area contributed by atoms with Gasteiger partial charge in [0.2, 0.25) is 0 Å². The Kier molecular flexibility index (Phi) is 7.38. The molecule has 1 aromatic rings. The summed E-state index contributed by atoms with van der Waals surface area (Å²) in [5.74, 6) is -0.336. The van der Waals surface area contributed by atoms with Gasteiger partial charge in [0, 0.05) is 24.2 Å². The van der Waals surface area contributed by atoms with E-state index < -0.39 is 35.5 Å². The van der Waals surface area contributed by atoms with Gasteiger partial charge in [-0.05, 0) is 67.2 Å². The number of rotatable bonds is 4. The largest absolute Gasteiger partial charge is 0.444 e. The molecule has 0 aromatic heterocycles. The predicted molar refractivity (Wildman–Crippen MR) is 127 cm³/mol. The summed E-state index contributed by atoms with van der Waals surface area (Å²) in [5, 5.41) is 0. The summed E-state index contributed by atoms with van der Waals surface area (Å²) >= 11 is 0. The molecule has 1 aromatic carbocycles. The quantitative estimate of drug-likeness (QED) is 0.582. The maximum atomic E-state index is 13.1. The summed E-state index contributed by atoms with van der Waals surface area (Å²) < 4.78 is 10.9. The van der Waals surface area contributed by atoms with Crippen LogP contribution < -0.4 is 0 Å². The molecule has 2 aliphatic rings. The molecule has 0 saturated carbocycles. The Balaban J connectivity index is 1.69. The van der Waals surface area contributed by atoms with Crippen LogP contribution >= 0.6 is 0 Å². The Hall–Kier alpha value is -2.90. The molecule has 0 spiro atoms. The van der Waals surface area contributed by atoms with Crippen LogP contribution in [0, 0.1) is 0 Å². The zero-order valence-corrected chi connectivity index (χ0v) is 21.1. The lowest BCUT2D eigenvalue weighted by Crippen LogP contribution is -2.43. The summed E-state index contributed by atoms with van der Waals surface area (Å²) in [6.45, 7) is 11.7. The van der Waals surface area contributed by atoms with E-state index >= 15 is 0 Å². The third-order valence-corrected chi connectivity index (χ3v) is 5.82. The first-order valence-corrected chi connectivity index (χ1v) is 11.9. The number of amides is 2. The number of nitrogens with zero attached hydrogens (tertiary/aromatic N) is 2. The van der Waals surface area contributed by atoms with Crippen LogP contribution in [0.2, 0.25) is 0 Å². The summed E-state index contributed by atoms with van der Waals surface area (Å²) in [6.07, 6.45) is 1.64. The average molecular weight is 473 g/mol. The van der Waals surface area contributed by atoms with Gasteiger partial charge in [0.25, 0.3) is 0 Å². The SMILES string of the molecule is CC(C)(C)OC(=O)N1CCCC1C(=O)c1ccc(C(=O)C2CCCN2C(=O)OC(C)(C)C)cc1. The van der Waals surface area contributed by atoms with Crippen molar-refractivity contribution in [2.24, 2.45) is 0 Å². The Labute approximate surface area is 201 Å². The van der Waals surface area contributed by atoms with E-state index in [4.69, 9.17) is 9.47 Å². The van der Waals surface area contributed by atoms with Crippen molar-refractivity contribution in [3.8, 4) is 0 Å². The van der Waals surface area contributed by atoms with Gasteiger partial charge in [-0.25, -0.2) is 9.59 Å². The second-order valence-corrected chi connectivity index (χ2v) is 11.0. The van der Waals surface area contributed by atoms with Crippen molar-refractivity contribution >= 4 is 23.8 Å². The van der Waals surface area contributed by atoms with Crippen LogP contribution in [-0.2, 0) is 9.47 Å². The molecule has 0 N–H and O–H groups in total. The van der Waals surface area contributed by atoms with Crippen molar-refractivity contribution in [3.05, 3.63) is 35.4 Å². The molecule has 2 fully saturated rings. The number of ketones is 2. The smallest absolute Gasteiger partial charge is 0.410 e. The highest BCUT2D eigenvalue weighted by Gasteiger charge is 2.38. The molecule has 2 amide bonds. The van der Waals surface area contributed by atoms with Crippen LogP contribution in [0.5, 0.6) is 0 Å². The lowest BCUT2D eigenvalue weighted by atomic mass is 9.97. The molecule has 3 rings (SSSR count). The van der Waals surface area contributed by atoms with Crippen molar-refractivity contribution < 1.29 is 28.7 Å². The number of carbonyl (C=O) groups excluding carboxylic acids is 4. The van der Waals surface area contributed by atoms with E-state index in [1.54, 1.807) is 65.8 Å². The minimum Gasteiger partial charge on any atom is -0.444 e. The van der Waals surface area contributed by atoms with Crippen molar-refractivity contribution in [1.29, 1.82) is 0 Å². The lowest BCUT2D eigenvalue weighted by Gasteiger charge is -2.28. The molecule has 2 aliphatic heterocycles. The van der Waals surface area contributed by atoms with Crippen molar-refractivity contribution in [2.45, 2.75) is 90.5 Å². The highest BCUT2D eigenvalue weighted by atomic mass is 16.6. The molecule has 186 valence electrons. The van der Waals surface area contributed by atoms with Gasteiger partial charge in [0.05, 0.1) is 12.1 Å². The fraction of sp³-hybridized carbons (Fsp3) is 0.615. The fourth-order valence-electron chi connectivity index (χ4n) is 4.34. The summed E-state index contributed by atoms with van der Waals surface area (Å²) in [4.78, 5) is 54.3. The summed E-state index contributed by atoms with van der Waals surface area (Å²) in [7, 11) is 0. The minimum atomic E-state index is -0.636. The van der Waals surface area contributed by atoms with E-state index in [1.165, 1.54) is 9.80 Å². The normalized spacial score (nSPS) is 20.9. The summed E-state index contributed by atoms with van der Waals surface area (Å²) in [5.41, 5.74) is -0.398. The van der Waals surface area contributed by atoms with Crippen LogP contribution in [-0.4, -0.2) is 69.9 Å². The van der Waals surface area contributed by atoms with Crippen LogP contribution in [0.4, 0.5) is 9.59 Å². The van der Waals surface area contributed by atoms with Crippen molar-refractivity contribution in [2.75, 3.05) is 13.1 Å². The molecule has 2 saturated heterocycles. The van der Waals surface area contributed by atoms with Gasteiger partial charge in [0.1, 0.15) is 11.2 Å². The number of carbonyl (C=O) groups is 4. The van der Waals surface area contributed by atoms with Crippen LogP contribution in [0.3, 0.4) is 0 Å². The molecule has 8 heteroatoms. The van der Waals surface area contributed by atoms with Gasteiger partial charge in [-0.15, -0.1) is 0 Å². The third-order valence-electron chi connectivity index (χ3n) is 5.82. The number of hydrogen-bond donors (Lipinski definition) is 0. The fourth-order valence-corrected chi connectivity index (χ4v) is 4.34. The number of likely N-dealkylation sites (tertiary alicyclic amines) is 2. The van der Waals surface area contributed by atoms with Gasteiger partial charge in [0.15, 0.2) is 11.6 Å². The highest BCUT2D eigenvalue weighted by Crippen LogP contribution is 2.26. The Morgan fingerprint density at radius 1 is 0.676 bits per heavy atom. The van der Waals surface area contributed by atoms with Gasteiger partial charge < -0.3 is 9.47 Å². The Morgan fingerprint density at radius 3 is 1.29 bits per heavy atom. The third kappa shape index (κ3) is 6.15. The average Bonchev–Trinajstić information content (AvgIpc) is 3.40. The number of benzene rings is 1. The zero-order valence-electron chi connectivity index (χ0n) is 21.1. The zero-order chi connectivity index (χ0) is 25.3. The van der Waals surface area contributed by atoms with Gasteiger partial charge in [-0.2, -0.15) is 0 Å². The van der Waals surface area contributed by atoms with E-state index in [-0.39, 0.29) is 11.6 Å². The second-order valence-electron chi connectivity index (χ2n) is 11.0. The maximum absolute atomic E-state index is 13.1. The molecule has 34 heavy (non-hydrogen) atoms. The van der Waals surface area contributed by atoms with E-state index in [2.05, 4.69) is 0 Å². The molecular formula is C26H36N2O6. The Morgan fingerprint density at radius 2 is 1.00 bits per heavy atom. The van der Waals surface area contributed by atoms with Gasteiger partial charge in [-0.3, -0.25) is 19.4 Å². The van der Waals surface area contributed by atoms with E-state index in [1.807, 2.05) is 0 Å². The van der Waals surface area contributed by atoms with E-state index in [0.29, 0.717) is 37.1 Å². The monoisotopic (exact) mass is 472 g/mol. The molecule has 0 radical (unpaired) electrons. The molecule has 2 atom stereocenters. The van der Waals surface area contributed by atoms with Crippen LogP contribution in [0.15, 0.2) is 24.3 Å².